The lowest BCUT2D eigenvalue weighted by atomic mass is 10.2. The van der Waals surface area contributed by atoms with Crippen LogP contribution < -0.4 is 14.3 Å². The number of terminal acetylenes is 1. The number of hydrogen-bond donors (Lipinski definition) is 0. The molecule has 3 aromatic rings. The number of methoxy groups -OCH3 is 2. The van der Waals surface area contributed by atoms with Crippen molar-refractivity contribution in [3.05, 3.63) is 46.8 Å². The van der Waals surface area contributed by atoms with Crippen LogP contribution in [-0.4, -0.2) is 30.4 Å². The summed E-state index contributed by atoms with van der Waals surface area (Å²) in [7, 11) is 3.17. The van der Waals surface area contributed by atoms with Gasteiger partial charge >= 0.3 is 0 Å². The Kier molecular flexibility index (Phi) is 6.45. The normalized spacial score (nSPS) is 11.4. The monoisotopic (exact) mass is 412 g/mol. The predicted octanol–water partition coefficient (Wildman–Crippen LogP) is 4.21. The zero-order valence-electron chi connectivity index (χ0n) is 15.9. The van der Waals surface area contributed by atoms with Gasteiger partial charge in [0.15, 0.2) is 16.3 Å². The van der Waals surface area contributed by atoms with Crippen molar-refractivity contribution in [1.29, 1.82) is 0 Å². The SMILES string of the molecule is C#CCn1c(=NC(=O)c2ccccc2SCC)sc2cc(OC)c(OC)cc21. The van der Waals surface area contributed by atoms with E-state index in [0.29, 0.717) is 28.4 Å². The van der Waals surface area contributed by atoms with Crippen molar-refractivity contribution in [2.75, 3.05) is 20.0 Å². The molecule has 0 unspecified atom stereocenters. The third kappa shape index (κ3) is 3.93. The number of fused-ring (bicyclic) bond motifs is 1. The van der Waals surface area contributed by atoms with E-state index in [1.165, 1.54) is 11.3 Å². The van der Waals surface area contributed by atoms with Crippen LogP contribution in [0.5, 0.6) is 11.5 Å². The second kappa shape index (κ2) is 9.00. The van der Waals surface area contributed by atoms with Gasteiger partial charge in [-0.25, -0.2) is 0 Å². The first-order valence-corrected chi connectivity index (χ1v) is 10.4. The van der Waals surface area contributed by atoms with Gasteiger partial charge in [0.1, 0.15) is 0 Å². The van der Waals surface area contributed by atoms with Gasteiger partial charge in [0, 0.05) is 17.0 Å². The maximum atomic E-state index is 12.9. The molecule has 1 aromatic heterocycles. The average Bonchev–Trinajstić information content (AvgIpc) is 3.03. The summed E-state index contributed by atoms with van der Waals surface area (Å²) in [5.41, 5.74) is 1.44. The Morgan fingerprint density at radius 2 is 1.96 bits per heavy atom. The number of carbonyl (C=O) groups is 1. The van der Waals surface area contributed by atoms with Crippen molar-refractivity contribution >= 4 is 39.2 Å². The molecule has 2 aromatic carbocycles. The quantitative estimate of drug-likeness (QED) is 0.450. The number of benzene rings is 2. The Morgan fingerprint density at radius 1 is 1.25 bits per heavy atom. The number of carbonyl (C=O) groups excluding carboxylic acids is 1. The van der Waals surface area contributed by atoms with Crippen LogP contribution >= 0.6 is 23.1 Å². The van der Waals surface area contributed by atoms with E-state index in [1.807, 2.05) is 34.9 Å². The van der Waals surface area contributed by atoms with Crippen LogP contribution in [0.25, 0.3) is 10.2 Å². The van der Waals surface area contributed by atoms with E-state index in [-0.39, 0.29) is 5.91 Å². The first-order chi connectivity index (χ1) is 13.6. The Labute approximate surface area is 172 Å². The molecule has 3 rings (SSSR count). The number of hydrogen-bond acceptors (Lipinski definition) is 5. The molecule has 0 aliphatic carbocycles. The van der Waals surface area contributed by atoms with Crippen molar-refractivity contribution in [3.8, 4) is 23.8 Å². The van der Waals surface area contributed by atoms with E-state index in [4.69, 9.17) is 15.9 Å². The third-order valence-corrected chi connectivity index (χ3v) is 6.05. The number of aromatic nitrogens is 1. The number of rotatable bonds is 6. The van der Waals surface area contributed by atoms with Crippen LogP contribution in [0.1, 0.15) is 17.3 Å². The fourth-order valence-corrected chi connectivity index (χ4v) is 4.63. The first kappa shape index (κ1) is 20.1. The van der Waals surface area contributed by atoms with Gasteiger partial charge in [-0.1, -0.05) is 36.3 Å². The van der Waals surface area contributed by atoms with Gasteiger partial charge in [0.25, 0.3) is 5.91 Å². The molecule has 0 saturated heterocycles. The lowest BCUT2D eigenvalue weighted by Crippen LogP contribution is -2.16. The third-order valence-electron chi connectivity index (χ3n) is 4.05. The van der Waals surface area contributed by atoms with E-state index in [0.717, 1.165) is 20.9 Å². The summed E-state index contributed by atoms with van der Waals surface area (Å²) in [5, 5.41) is 0. The zero-order chi connectivity index (χ0) is 20.1. The molecule has 0 saturated carbocycles. The minimum atomic E-state index is -0.284. The molecule has 28 heavy (non-hydrogen) atoms. The first-order valence-electron chi connectivity index (χ1n) is 8.62. The fourth-order valence-electron chi connectivity index (χ4n) is 2.80. The molecular formula is C21H20N2O3S2. The molecule has 1 heterocycles. The smallest absolute Gasteiger partial charge is 0.280 e. The van der Waals surface area contributed by atoms with Gasteiger partial charge < -0.3 is 14.0 Å². The molecule has 0 N–H and O–H groups in total. The second-order valence-corrected chi connectivity index (χ2v) is 8.01. The van der Waals surface area contributed by atoms with Crippen molar-refractivity contribution in [1.82, 2.24) is 4.57 Å². The van der Waals surface area contributed by atoms with Crippen molar-refractivity contribution in [2.24, 2.45) is 4.99 Å². The van der Waals surface area contributed by atoms with Gasteiger partial charge in [-0.15, -0.1) is 18.2 Å². The molecular weight excluding hydrogens is 392 g/mol. The van der Waals surface area contributed by atoms with Crippen LogP contribution in [0.4, 0.5) is 0 Å². The summed E-state index contributed by atoms with van der Waals surface area (Å²) in [6, 6.07) is 11.2. The van der Waals surface area contributed by atoms with E-state index in [1.54, 1.807) is 32.0 Å². The van der Waals surface area contributed by atoms with Crippen LogP contribution in [0.15, 0.2) is 46.3 Å². The summed E-state index contributed by atoms with van der Waals surface area (Å²) in [4.78, 5) is 18.8. The number of amides is 1. The molecule has 144 valence electrons. The minimum Gasteiger partial charge on any atom is -0.493 e. The highest BCUT2D eigenvalue weighted by Crippen LogP contribution is 2.33. The molecule has 0 atom stereocenters. The standard InChI is InChI=1S/C21H20N2O3S2/c1-5-11-23-15-12-16(25-3)17(26-4)13-19(15)28-21(23)22-20(24)14-9-7-8-10-18(14)27-6-2/h1,7-10,12-13H,6,11H2,2-4H3. The van der Waals surface area contributed by atoms with Gasteiger partial charge in [-0.3, -0.25) is 4.79 Å². The molecule has 0 radical (unpaired) electrons. The van der Waals surface area contributed by atoms with Crippen molar-refractivity contribution in [3.63, 3.8) is 0 Å². The highest BCUT2D eigenvalue weighted by molar-refractivity contribution is 7.99. The summed E-state index contributed by atoms with van der Waals surface area (Å²) < 4.78 is 13.5. The van der Waals surface area contributed by atoms with E-state index in [2.05, 4.69) is 17.8 Å². The molecule has 0 spiro atoms. The Bertz CT molecular complexity index is 1120. The lowest BCUT2D eigenvalue weighted by molar-refractivity contribution is 0.0995. The van der Waals surface area contributed by atoms with Crippen molar-refractivity contribution in [2.45, 2.75) is 18.4 Å². The molecule has 1 amide bonds. The minimum absolute atomic E-state index is 0.284. The predicted molar refractivity (Wildman–Crippen MR) is 114 cm³/mol. The van der Waals surface area contributed by atoms with Crippen LogP contribution in [0, 0.1) is 12.3 Å². The molecule has 0 aliphatic rings. The summed E-state index contributed by atoms with van der Waals surface area (Å²) >= 11 is 3.01. The van der Waals surface area contributed by atoms with Gasteiger partial charge in [-0.05, 0) is 17.9 Å². The molecule has 7 heteroatoms. The second-order valence-electron chi connectivity index (χ2n) is 5.70. The number of ether oxygens (including phenoxy) is 2. The highest BCUT2D eigenvalue weighted by atomic mass is 32.2. The largest absolute Gasteiger partial charge is 0.493 e. The Hall–Kier alpha value is -2.69. The van der Waals surface area contributed by atoms with Gasteiger partial charge in [-0.2, -0.15) is 4.99 Å². The highest BCUT2D eigenvalue weighted by Gasteiger charge is 2.14. The van der Waals surface area contributed by atoms with E-state index < -0.39 is 0 Å². The van der Waals surface area contributed by atoms with E-state index in [9.17, 15) is 4.79 Å². The Morgan fingerprint density at radius 3 is 2.64 bits per heavy atom. The Balaban J connectivity index is 2.18. The molecule has 0 aliphatic heterocycles. The van der Waals surface area contributed by atoms with Crippen LogP contribution in [0.2, 0.25) is 0 Å². The van der Waals surface area contributed by atoms with Crippen LogP contribution in [-0.2, 0) is 6.54 Å². The topological polar surface area (TPSA) is 52.8 Å². The summed E-state index contributed by atoms with van der Waals surface area (Å²) in [5.74, 6) is 4.45. The maximum absolute atomic E-state index is 12.9. The zero-order valence-corrected chi connectivity index (χ0v) is 17.5. The maximum Gasteiger partial charge on any atom is 0.280 e. The summed E-state index contributed by atoms with van der Waals surface area (Å²) in [6.07, 6.45) is 5.56. The number of thiazole rings is 1. The van der Waals surface area contributed by atoms with E-state index >= 15 is 0 Å². The summed E-state index contributed by atoms with van der Waals surface area (Å²) in [6.45, 7) is 2.35. The number of nitrogens with zero attached hydrogens (tertiary/aromatic N) is 2. The van der Waals surface area contributed by atoms with Gasteiger partial charge in [0.05, 0.1) is 36.5 Å². The fraction of sp³-hybridized carbons (Fsp3) is 0.238. The molecule has 5 nitrogen and oxygen atoms in total. The molecule has 0 bridgehead atoms. The molecule has 0 fully saturated rings. The average molecular weight is 413 g/mol. The van der Waals surface area contributed by atoms with Crippen molar-refractivity contribution < 1.29 is 14.3 Å². The number of thioether (sulfide) groups is 1. The lowest BCUT2D eigenvalue weighted by Gasteiger charge is -2.08. The van der Waals surface area contributed by atoms with Gasteiger partial charge in [0.2, 0.25) is 0 Å². The van der Waals surface area contributed by atoms with Crippen LogP contribution in [0.3, 0.4) is 0 Å².